The Bertz CT molecular complexity index is 402. The first-order chi connectivity index (χ1) is 9.20. The largest absolute Gasteiger partial charge is 0.369 e. The van der Waals surface area contributed by atoms with Crippen LogP contribution < -0.4 is 10.6 Å². The summed E-state index contributed by atoms with van der Waals surface area (Å²) in [6.45, 7) is 6.28. The van der Waals surface area contributed by atoms with Crippen LogP contribution in [0.2, 0.25) is 0 Å². The number of rotatable bonds is 5. The van der Waals surface area contributed by atoms with Crippen LogP contribution in [0.4, 0.5) is 11.6 Å². The van der Waals surface area contributed by atoms with Gasteiger partial charge in [0, 0.05) is 13.1 Å². The van der Waals surface area contributed by atoms with Crippen LogP contribution in [0, 0.1) is 11.8 Å². The Kier molecular flexibility index (Phi) is 5.43. The molecule has 2 N–H and O–H groups in total. The molecule has 1 aliphatic rings. The number of nitrogens with one attached hydrogen (secondary N) is 2. The molecule has 0 atom stereocenters. The third-order valence-electron chi connectivity index (χ3n) is 3.83. The van der Waals surface area contributed by atoms with Gasteiger partial charge in [-0.1, -0.05) is 19.8 Å². The Balaban J connectivity index is 1.90. The lowest BCUT2D eigenvalue weighted by Crippen LogP contribution is -2.20. The summed E-state index contributed by atoms with van der Waals surface area (Å²) in [7, 11) is 0. The standard InChI is InChI=1S/C14H23BrN4/c1-3-16-13-12(15)14(19-9-18-13)17-8-11-6-4-10(2)5-7-11/h9-11H,3-8H2,1-2H3,(H2,16,17,18,19). The molecule has 0 unspecified atom stereocenters. The molecular weight excluding hydrogens is 304 g/mol. The van der Waals surface area contributed by atoms with Crippen molar-refractivity contribution in [2.45, 2.75) is 39.5 Å². The fraction of sp³-hybridized carbons (Fsp3) is 0.714. The predicted octanol–water partition coefficient (Wildman–Crippen LogP) is 3.91. The van der Waals surface area contributed by atoms with Crippen LogP contribution >= 0.6 is 15.9 Å². The Morgan fingerprint density at radius 2 is 1.79 bits per heavy atom. The van der Waals surface area contributed by atoms with Crippen LogP contribution in [0.25, 0.3) is 0 Å². The van der Waals surface area contributed by atoms with Gasteiger partial charge in [0.25, 0.3) is 0 Å². The minimum Gasteiger partial charge on any atom is -0.369 e. The molecule has 1 aromatic heterocycles. The molecular formula is C14H23BrN4. The normalized spacial score (nSPS) is 23.1. The maximum atomic E-state index is 4.31. The number of aromatic nitrogens is 2. The summed E-state index contributed by atoms with van der Waals surface area (Å²) in [4.78, 5) is 8.54. The van der Waals surface area contributed by atoms with E-state index in [1.165, 1.54) is 25.7 Å². The maximum absolute atomic E-state index is 4.31. The molecule has 0 aromatic carbocycles. The zero-order valence-electron chi connectivity index (χ0n) is 11.7. The SMILES string of the molecule is CCNc1ncnc(NCC2CCC(C)CC2)c1Br. The summed E-state index contributed by atoms with van der Waals surface area (Å²) in [5.74, 6) is 3.44. The lowest BCUT2D eigenvalue weighted by Gasteiger charge is -2.26. The van der Waals surface area contributed by atoms with Gasteiger partial charge >= 0.3 is 0 Å². The lowest BCUT2D eigenvalue weighted by atomic mass is 9.83. The molecule has 0 amide bonds. The smallest absolute Gasteiger partial charge is 0.145 e. The van der Waals surface area contributed by atoms with E-state index in [1.54, 1.807) is 6.33 Å². The highest BCUT2D eigenvalue weighted by molar-refractivity contribution is 9.10. The molecule has 0 spiro atoms. The number of hydrogen-bond acceptors (Lipinski definition) is 4. The van der Waals surface area contributed by atoms with Crippen molar-refractivity contribution in [3.63, 3.8) is 0 Å². The second-order valence-electron chi connectivity index (χ2n) is 5.42. The molecule has 0 radical (unpaired) electrons. The van der Waals surface area contributed by atoms with Crippen molar-refractivity contribution in [2.75, 3.05) is 23.7 Å². The average Bonchev–Trinajstić information content (AvgIpc) is 2.42. The van der Waals surface area contributed by atoms with Gasteiger partial charge in [-0.3, -0.25) is 0 Å². The van der Waals surface area contributed by atoms with Crippen molar-refractivity contribution in [3.8, 4) is 0 Å². The quantitative estimate of drug-likeness (QED) is 0.861. The Labute approximate surface area is 123 Å². The van der Waals surface area contributed by atoms with Gasteiger partial charge in [-0.25, -0.2) is 9.97 Å². The van der Waals surface area contributed by atoms with Crippen LogP contribution in [0.5, 0.6) is 0 Å². The summed E-state index contributed by atoms with van der Waals surface area (Å²) in [5, 5.41) is 6.68. The van der Waals surface area contributed by atoms with Gasteiger partial charge in [0.05, 0.1) is 0 Å². The van der Waals surface area contributed by atoms with E-state index in [9.17, 15) is 0 Å². The molecule has 4 nitrogen and oxygen atoms in total. The number of halogens is 1. The first kappa shape index (κ1) is 14.6. The fourth-order valence-electron chi connectivity index (χ4n) is 2.56. The van der Waals surface area contributed by atoms with E-state index in [1.807, 2.05) is 0 Å². The number of hydrogen-bond donors (Lipinski definition) is 2. The van der Waals surface area contributed by atoms with E-state index < -0.39 is 0 Å². The maximum Gasteiger partial charge on any atom is 0.145 e. The van der Waals surface area contributed by atoms with Crippen molar-refractivity contribution in [2.24, 2.45) is 11.8 Å². The average molecular weight is 327 g/mol. The zero-order chi connectivity index (χ0) is 13.7. The molecule has 1 saturated carbocycles. The molecule has 1 aliphatic carbocycles. The van der Waals surface area contributed by atoms with Gasteiger partial charge in [-0.05, 0) is 47.5 Å². The molecule has 1 heterocycles. The van der Waals surface area contributed by atoms with Crippen LogP contribution in [0.1, 0.15) is 39.5 Å². The van der Waals surface area contributed by atoms with Gasteiger partial charge in [-0.2, -0.15) is 0 Å². The van der Waals surface area contributed by atoms with Crippen LogP contribution in [0.3, 0.4) is 0 Å². The van der Waals surface area contributed by atoms with Gasteiger partial charge < -0.3 is 10.6 Å². The highest BCUT2D eigenvalue weighted by Gasteiger charge is 2.18. The molecule has 0 bridgehead atoms. The molecule has 106 valence electrons. The van der Waals surface area contributed by atoms with E-state index >= 15 is 0 Å². The Morgan fingerprint density at radius 1 is 1.16 bits per heavy atom. The molecule has 0 saturated heterocycles. The lowest BCUT2D eigenvalue weighted by molar-refractivity contribution is 0.300. The molecule has 0 aliphatic heterocycles. The van der Waals surface area contributed by atoms with Gasteiger partial charge in [0.1, 0.15) is 22.4 Å². The second-order valence-corrected chi connectivity index (χ2v) is 6.21. The van der Waals surface area contributed by atoms with Crippen molar-refractivity contribution < 1.29 is 0 Å². The molecule has 2 rings (SSSR count). The predicted molar refractivity (Wildman–Crippen MR) is 83.5 cm³/mol. The van der Waals surface area contributed by atoms with Gasteiger partial charge in [0.15, 0.2) is 0 Å². The first-order valence-electron chi connectivity index (χ1n) is 7.19. The monoisotopic (exact) mass is 326 g/mol. The minimum absolute atomic E-state index is 0.778. The van der Waals surface area contributed by atoms with Crippen LogP contribution in [0.15, 0.2) is 10.8 Å². The van der Waals surface area contributed by atoms with Gasteiger partial charge in [-0.15, -0.1) is 0 Å². The van der Waals surface area contributed by atoms with Crippen molar-refractivity contribution in [3.05, 3.63) is 10.8 Å². The molecule has 19 heavy (non-hydrogen) atoms. The summed E-state index contributed by atoms with van der Waals surface area (Å²) in [5.41, 5.74) is 0. The van der Waals surface area contributed by atoms with Crippen molar-refractivity contribution in [1.29, 1.82) is 0 Å². The Hall–Kier alpha value is -0.840. The van der Waals surface area contributed by atoms with E-state index in [0.717, 1.165) is 41.0 Å². The Morgan fingerprint density at radius 3 is 2.42 bits per heavy atom. The third-order valence-corrected chi connectivity index (χ3v) is 4.58. The third kappa shape index (κ3) is 4.06. The zero-order valence-corrected chi connectivity index (χ0v) is 13.3. The highest BCUT2D eigenvalue weighted by Crippen LogP contribution is 2.30. The van der Waals surface area contributed by atoms with E-state index in [0.29, 0.717) is 0 Å². The van der Waals surface area contributed by atoms with Crippen molar-refractivity contribution >= 4 is 27.6 Å². The second kappa shape index (κ2) is 7.08. The minimum atomic E-state index is 0.778. The summed E-state index contributed by atoms with van der Waals surface area (Å²) < 4.78 is 0.932. The van der Waals surface area contributed by atoms with E-state index in [-0.39, 0.29) is 0 Å². The number of anilines is 2. The van der Waals surface area contributed by atoms with E-state index in [2.05, 4.69) is 50.4 Å². The van der Waals surface area contributed by atoms with Crippen LogP contribution in [-0.2, 0) is 0 Å². The highest BCUT2D eigenvalue weighted by atomic mass is 79.9. The topological polar surface area (TPSA) is 49.8 Å². The molecule has 1 fully saturated rings. The summed E-state index contributed by atoms with van der Waals surface area (Å²) in [6.07, 6.45) is 6.99. The van der Waals surface area contributed by atoms with E-state index in [4.69, 9.17) is 0 Å². The summed E-state index contributed by atoms with van der Waals surface area (Å²) in [6, 6.07) is 0. The summed E-state index contributed by atoms with van der Waals surface area (Å²) >= 11 is 3.57. The molecule has 1 aromatic rings. The van der Waals surface area contributed by atoms with Crippen molar-refractivity contribution in [1.82, 2.24) is 9.97 Å². The molecule has 5 heteroatoms. The van der Waals surface area contributed by atoms with Gasteiger partial charge in [0.2, 0.25) is 0 Å². The number of nitrogens with zero attached hydrogens (tertiary/aromatic N) is 2. The fourth-order valence-corrected chi connectivity index (χ4v) is 3.04. The van der Waals surface area contributed by atoms with Crippen LogP contribution in [-0.4, -0.2) is 23.1 Å². The first-order valence-corrected chi connectivity index (χ1v) is 7.98.